The number of ether oxygens (including phenoxy) is 1. The third kappa shape index (κ3) is 4.18. The zero-order valence-electron chi connectivity index (χ0n) is 10.8. The van der Waals surface area contributed by atoms with Gasteiger partial charge in [0, 0.05) is 18.6 Å². The predicted molar refractivity (Wildman–Crippen MR) is 72.2 cm³/mol. The normalized spacial score (nSPS) is 11.9. The number of hydrogen-bond acceptors (Lipinski definition) is 3. The van der Waals surface area contributed by atoms with Gasteiger partial charge in [-0.2, -0.15) is 0 Å². The van der Waals surface area contributed by atoms with Crippen molar-refractivity contribution in [3.63, 3.8) is 0 Å². The van der Waals surface area contributed by atoms with Gasteiger partial charge in [0.05, 0.1) is 7.11 Å². The summed E-state index contributed by atoms with van der Waals surface area (Å²) in [5.41, 5.74) is 0.459. The first-order valence-electron chi connectivity index (χ1n) is 6.06. The first kappa shape index (κ1) is 14.8. The highest BCUT2D eigenvalue weighted by Crippen LogP contribution is 2.14. The van der Waals surface area contributed by atoms with Crippen molar-refractivity contribution in [2.45, 2.75) is 19.8 Å². The molecule has 0 saturated carbocycles. The van der Waals surface area contributed by atoms with Crippen LogP contribution in [0.25, 0.3) is 0 Å². The van der Waals surface area contributed by atoms with Crippen molar-refractivity contribution < 1.29 is 9.53 Å². The highest BCUT2D eigenvalue weighted by atomic mass is 35.5. The maximum Gasteiger partial charge on any atom is 0.256 e. The van der Waals surface area contributed by atoms with E-state index >= 15 is 0 Å². The van der Waals surface area contributed by atoms with Gasteiger partial charge < -0.3 is 10.1 Å². The Morgan fingerprint density at radius 3 is 3.00 bits per heavy atom. The van der Waals surface area contributed by atoms with Crippen molar-refractivity contribution in [3.8, 4) is 5.88 Å². The van der Waals surface area contributed by atoms with E-state index in [1.54, 1.807) is 18.3 Å². The molecule has 1 N–H and O–H groups in total. The molecule has 1 unspecified atom stereocenters. The van der Waals surface area contributed by atoms with E-state index in [1.807, 2.05) is 0 Å². The number of aromatic nitrogens is 1. The Hall–Kier alpha value is -1.29. The third-order valence-corrected chi connectivity index (χ3v) is 3.07. The average molecular weight is 271 g/mol. The van der Waals surface area contributed by atoms with Crippen LogP contribution in [0.3, 0.4) is 0 Å². The van der Waals surface area contributed by atoms with Crippen molar-refractivity contribution in [1.82, 2.24) is 10.3 Å². The number of pyridine rings is 1. The van der Waals surface area contributed by atoms with Gasteiger partial charge in [-0.05, 0) is 24.5 Å². The first-order valence-corrected chi connectivity index (χ1v) is 6.59. The molecule has 1 rings (SSSR count). The average Bonchev–Trinajstić information content (AvgIpc) is 2.42. The Morgan fingerprint density at radius 2 is 2.39 bits per heavy atom. The topological polar surface area (TPSA) is 51.2 Å². The Balaban J connectivity index is 2.59. The van der Waals surface area contributed by atoms with Crippen LogP contribution in [0.5, 0.6) is 5.88 Å². The van der Waals surface area contributed by atoms with Gasteiger partial charge in [0.1, 0.15) is 5.56 Å². The number of methoxy groups -OCH3 is 1. The zero-order chi connectivity index (χ0) is 13.4. The van der Waals surface area contributed by atoms with Crippen molar-refractivity contribution in [1.29, 1.82) is 0 Å². The number of carbonyl (C=O) groups excluding carboxylic acids is 1. The maximum atomic E-state index is 12.0. The van der Waals surface area contributed by atoms with E-state index in [1.165, 1.54) is 7.11 Å². The number of nitrogens with one attached hydrogen (secondary N) is 1. The van der Waals surface area contributed by atoms with E-state index in [0.29, 0.717) is 29.8 Å². The number of nitrogens with zero attached hydrogens (tertiary/aromatic N) is 1. The molecule has 0 radical (unpaired) electrons. The van der Waals surface area contributed by atoms with Gasteiger partial charge in [-0.1, -0.05) is 13.3 Å². The van der Waals surface area contributed by atoms with Crippen molar-refractivity contribution in [2.75, 3.05) is 19.5 Å². The molecule has 0 spiro atoms. The van der Waals surface area contributed by atoms with Crippen molar-refractivity contribution in [2.24, 2.45) is 5.92 Å². The fraction of sp³-hybridized carbons (Fsp3) is 0.538. The van der Waals surface area contributed by atoms with E-state index < -0.39 is 0 Å². The van der Waals surface area contributed by atoms with Crippen LogP contribution in [0, 0.1) is 5.92 Å². The fourth-order valence-electron chi connectivity index (χ4n) is 1.66. The summed E-state index contributed by atoms with van der Waals surface area (Å²) in [6, 6.07) is 3.41. The molecule has 4 nitrogen and oxygen atoms in total. The lowest BCUT2D eigenvalue weighted by Crippen LogP contribution is -2.29. The largest absolute Gasteiger partial charge is 0.480 e. The highest BCUT2D eigenvalue weighted by molar-refractivity contribution is 6.17. The van der Waals surface area contributed by atoms with Crippen LogP contribution in [-0.2, 0) is 0 Å². The lowest BCUT2D eigenvalue weighted by Gasteiger charge is -2.14. The van der Waals surface area contributed by atoms with Crippen LogP contribution in [0.15, 0.2) is 18.3 Å². The van der Waals surface area contributed by atoms with Crippen LogP contribution in [0.2, 0.25) is 0 Å². The van der Waals surface area contributed by atoms with E-state index in [4.69, 9.17) is 16.3 Å². The standard InChI is InChI=1S/C13H19ClN2O2/c1-3-10(6-7-14)9-16-12(17)11-5-4-8-15-13(11)18-2/h4-5,8,10H,3,6-7,9H2,1-2H3,(H,16,17). The van der Waals surface area contributed by atoms with Gasteiger partial charge >= 0.3 is 0 Å². The number of alkyl halides is 1. The molecule has 0 aromatic carbocycles. The summed E-state index contributed by atoms with van der Waals surface area (Å²) in [6.45, 7) is 2.72. The minimum absolute atomic E-state index is 0.159. The number of carbonyl (C=O) groups is 1. The van der Waals surface area contributed by atoms with Crippen LogP contribution >= 0.6 is 11.6 Å². The van der Waals surface area contributed by atoms with Crippen LogP contribution in [0.4, 0.5) is 0 Å². The predicted octanol–water partition coefficient (Wildman–Crippen LogP) is 2.48. The monoisotopic (exact) mass is 270 g/mol. The second-order valence-electron chi connectivity index (χ2n) is 4.02. The molecule has 1 amide bonds. The molecule has 1 atom stereocenters. The van der Waals surface area contributed by atoms with Crippen LogP contribution in [-0.4, -0.2) is 30.4 Å². The number of amides is 1. The zero-order valence-corrected chi connectivity index (χ0v) is 11.5. The molecule has 5 heteroatoms. The quantitative estimate of drug-likeness (QED) is 0.775. The Bertz CT molecular complexity index is 385. The van der Waals surface area contributed by atoms with E-state index in [9.17, 15) is 4.79 Å². The number of hydrogen-bond donors (Lipinski definition) is 1. The molecule has 1 heterocycles. The van der Waals surface area contributed by atoms with E-state index in [-0.39, 0.29) is 5.91 Å². The molecule has 0 aliphatic heterocycles. The summed E-state index contributed by atoms with van der Waals surface area (Å²) >= 11 is 5.71. The third-order valence-electron chi connectivity index (χ3n) is 2.86. The Morgan fingerprint density at radius 1 is 1.61 bits per heavy atom. The molecule has 1 aromatic rings. The summed E-state index contributed by atoms with van der Waals surface area (Å²) in [5.74, 6) is 1.22. The lowest BCUT2D eigenvalue weighted by atomic mass is 10.0. The summed E-state index contributed by atoms with van der Waals surface area (Å²) in [4.78, 5) is 16.0. The Kier molecular flexibility index (Phi) is 6.50. The van der Waals surface area contributed by atoms with Gasteiger partial charge in [-0.15, -0.1) is 11.6 Å². The lowest BCUT2D eigenvalue weighted by molar-refractivity contribution is 0.0942. The Labute approximate surface area is 113 Å². The fourth-order valence-corrected chi connectivity index (χ4v) is 1.97. The van der Waals surface area contributed by atoms with Crippen LogP contribution < -0.4 is 10.1 Å². The second-order valence-corrected chi connectivity index (χ2v) is 4.40. The minimum atomic E-state index is -0.159. The van der Waals surface area contributed by atoms with Gasteiger partial charge in [0.2, 0.25) is 5.88 Å². The molecule has 1 aromatic heterocycles. The van der Waals surface area contributed by atoms with Gasteiger partial charge in [-0.3, -0.25) is 4.79 Å². The molecule has 0 aliphatic carbocycles. The molecular formula is C13H19ClN2O2. The van der Waals surface area contributed by atoms with Gasteiger partial charge in [0.25, 0.3) is 5.91 Å². The summed E-state index contributed by atoms with van der Waals surface area (Å²) in [6.07, 6.45) is 3.50. The van der Waals surface area contributed by atoms with Crippen molar-refractivity contribution >= 4 is 17.5 Å². The van der Waals surface area contributed by atoms with Crippen LogP contribution in [0.1, 0.15) is 30.1 Å². The van der Waals surface area contributed by atoms with Gasteiger partial charge in [0.15, 0.2) is 0 Å². The molecule has 0 fully saturated rings. The molecular weight excluding hydrogens is 252 g/mol. The summed E-state index contributed by atoms with van der Waals surface area (Å²) < 4.78 is 5.05. The summed E-state index contributed by atoms with van der Waals surface area (Å²) in [7, 11) is 1.50. The van der Waals surface area contributed by atoms with E-state index in [0.717, 1.165) is 12.8 Å². The second kappa shape index (κ2) is 7.93. The van der Waals surface area contributed by atoms with Crippen molar-refractivity contribution in [3.05, 3.63) is 23.9 Å². The summed E-state index contributed by atoms with van der Waals surface area (Å²) in [5, 5.41) is 2.89. The SMILES string of the molecule is CCC(CCCl)CNC(=O)c1cccnc1OC. The highest BCUT2D eigenvalue weighted by Gasteiger charge is 2.14. The number of rotatable bonds is 7. The number of halogens is 1. The first-order chi connectivity index (χ1) is 8.72. The molecule has 0 aliphatic rings. The molecule has 18 heavy (non-hydrogen) atoms. The maximum absolute atomic E-state index is 12.0. The minimum Gasteiger partial charge on any atom is -0.480 e. The smallest absolute Gasteiger partial charge is 0.256 e. The molecule has 100 valence electrons. The van der Waals surface area contributed by atoms with Gasteiger partial charge in [-0.25, -0.2) is 4.98 Å². The van der Waals surface area contributed by atoms with E-state index in [2.05, 4.69) is 17.2 Å². The molecule has 0 saturated heterocycles. The molecule has 0 bridgehead atoms.